The van der Waals surface area contributed by atoms with Crippen LogP contribution < -0.4 is 0 Å². The van der Waals surface area contributed by atoms with E-state index in [0.717, 1.165) is 0 Å². The molecule has 0 aromatic heterocycles. The van der Waals surface area contributed by atoms with Crippen LogP contribution in [0.15, 0.2) is 30.3 Å². The van der Waals surface area contributed by atoms with Gasteiger partial charge in [-0.1, -0.05) is 18.2 Å². The second kappa shape index (κ2) is 7.35. The number of aliphatic hydroxyl groups is 1. The lowest BCUT2D eigenvalue weighted by Gasteiger charge is -2.20. The number of rotatable bonds is 5. The van der Waals surface area contributed by atoms with E-state index in [4.69, 9.17) is 18.9 Å². The van der Waals surface area contributed by atoms with E-state index in [1.54, 1.807) is 30.3 Å². The smallest absolute Gasteiger partial charge is 0.338 e. The van der Waals surface area contributed by atoms with Gasteiger partial charge in [-0.25, -0.2) is 4.79 Å². The van der Waals surface area contributed by atoms with Crippen LogP contribution in [0, 0.1) is 0 Å². The van der Waals surface area contributed by atoms with Crippen LogP contribution in [0.5, 0.6) is 0 Å². The number of carbonyl (C=O) groups is 2. The first-order valence-electron chi connectivity index (χ1n) is 6.78. The Kier molecular flexibility index (Phi) is 5.48. The molecule has 0 radical (unpaired) electrons. The summed E-state index contributed by atoms with van der Waals surface area (Å²) in [4.78, 5) is 22.9. The molecule has 7 heteroatoms. The van der Waals surface area contributed by atoms with Crippen molar-refractivity contribution in [3.05, 3.63) is 35.9 Å². The highest BCUT2D eigenvalue weighted by atomic mass is 16.7. The standard InChI is InChI=1S/C15H18O7/c1-9(16)21-13-12(19-2)11(22-15(13)18)8-20-14(17)10-6-4-3-5-7-10/h3-7,11-13,15,18H,8H2,1-2H3/t11-,12+,13-,15-/m0/s1. The molecule has 1 saturated heterocycles. The van der Waals surface area contributed by atoms with E-state index in [0.29, 0.717) is 5.56 Å². The Morgan fingerprint density at radius 1 is 1.23 bits per heavy atom. The fourth-order valence-electron chi connectivity index (χ4n) is 2.26. The van der Waals surface area contributed by atoms with Gasteiger partial charge in [-0.05, 0) is 12.1 Å². The van der Waals surface area contributed by atoms with Gasteiger partial charge >= 0.3 is 11.9 Å². The summed E-state index contributed by atoms with van der Waals surface area (Å²) in [7, 11) is 1.40. The van der Waals surface area contributed by atoms with Crippen LogP contribution in [-0.4, -0.2) is 55.4 Å². The summed E-state index contributed by atoms with van der Waals surface area (Å²) in [6, 6.07) is 8.49. The molecule has 4 atom stereocenters. The maximum absolute atomic E-state index is 11.9. The van der Waals surface area contributed by atoms with Crippen LogP contribution in [0.25, 0.3) is 0 Å². The molecule has 1 aliphatic heterocycles. The Morgan fingerprint density at radius 2 is 1.91 bits per heavy atom. The maximum Gasteiger partial charge on any atom is 0.338 e. The fraction of sp³-hybridized carbons (Fsp3) is 0.467. The molecule has 0 saturated carbocycles. The van der Waals surface area contributed by atoms with Gasteiger partial charge in [-0.2, -0.15) is 0 Å². The van der Waals surface area contributed by atoms with Gasteiger partial charge in [0.15, 0.2) is 12.4 Å². The molecular formula is C15H18O7. The molecule has 0 amide bonds. The number of hydrogen-bond donors (Lipinski definition) is 1. The first-order chi connectivity index (χ1) is 10.5. The molecule has 22 heavy (non-hydrogen) atoms. The van der Waals surface area contributed by atoms with Crippen molar-refractivity contribution in [1.82, 2.24) is 0 Å². The SMILES string of the molecule is CO[C@H]1[C@H](OC(C)=O)[C@@H](O)O[C@H]1COC(=O)c1ccccc1. The lowest BCUT2D eigenvalue weighted by molar-refractivity contribution is -0.171. The molecule has 1 N–H and O–H groups in total. The van der Waals surface area contributed by atoms with E-state index in [2.05, 4.69) is 0 Å². The molecule has 1 aromatic rings. The lowest BCUT2D eigenvalue weighted by atomic mass is 10.1. The number of methoxy groups -OCH3 is 1. The molecule has 1 heterocycles. The van der Waals surface area contributed by atoms with Crippen molar-refractivity contribution in [2.75, 3.05) is 13.7 Å². The van der Waals surface area contributed by atoms with Crippen molar-refractivity contribution in [2.45, 2.75) is 31.5 Å². The predicted molar refractivity (Wildman–Crippen MR) is 74.0 cm³/mol. The highest BCUT2D eigenvalue weighted by Crippen LogP contribution is 2.25. The molecular weight excluding hydrogens is 292 g/mol. The largest absolute Gasteiger partial charge is 0.459 e. The van der Waals surface area contributed by atoms with Crippen LogP contribution in [0.1, 0.15) is 17.3 Å². The van der Waals surface area contributed by atoms with Gasteiger partial charge < -0.3 is 24.1 Å². The molecule has 0 aliphatic carbocycles. The van der Waals surface area contributed by atoms with Crippen molar-refractivity contribution in [2.24, 2.45) is 0 Å². The number of aliphatic hydroxyl groups excluding tert-OH is 1. The average Bonchev–Trinajstić information content (AvgIpc) is 2.80. The Balaban J connectivity index is 1.95. The minimum Gasteiger partial charge on any atom is -0.459 e. The van der Waals surface area contributed by atoms with Gasteiger partial charge in [0.05, 0.1) is 5.56 Å². The van der Waals surface area contributed by atoms with Crippen molar-refractivity contribution < 1.29 is 33.6 Å². The van der Waals surface area contributed by atoms with Gasteiger partial charge in [0, 0.05) is 14.0 Å². The summed E-state index contributed by atoms with van der Waals surface area (Å²) < 4.78 is 20.6. The van der Waals surface area contributed by atoms with Crippen molar-refractivity contribution in [3.8, 4) is 0 Å². The summed E-state index contributed by atoms with van der Waals surface area (Å²) in [5.74, 6) is -1.07. The Morgan fingerprint density at radius 3 is 2.50 bits per heavy atom. The number of benzene rings is 1. The molecule has 7 nitrogen and oxygen atoms in total. The van der Waals surface area contributed by atoms with E-state index >= 15 is 0 Å². The zero-order valence-electron chi connectivity index (χ0n) is 12.3. The zero-order valence-corrected chi connectivity index (χ0v) is 12.3. The molecule has 0 spiro atoms. The molecule has 2 rings (SSSR count). The normalized spacial score (nSPS) is 27.4. The van der Waals surface area contributed by atoms with Crippen LogP contribution in [0.3, 0.4) is 0 Å². The molecule has 0 unspecified atom stereocenters. The summed E-state index contributed by atoms with van der Waals surface area (Å²) in [5.41, 5.74) is 0.409. The molecule has 1 fully saturated rings. The number of carbonyl (C=O) groups excluding carboxylic acids is 2. The Labute approximate surface area is 127 Å². The van der Waals surface area contributed by atoms with Gasteiger partial charge in [-0.3, -0.25) is 4.79 Å². The van der Waals surface area contributed by atoms with Gasteiger partial charge in [0.1, 0.15) is 18.8 Å². The van der Waals surface area contributed by atoms with Crippen LogP contribution in [-0.2, 0) is 23.7 Å². The third-order valence-corrected chi connectivity index (χ3v) is 3.25. The summed E-state index contributed by atoms with van der Waals surface area (Å²) >= 11 is 0. The van der Waals surface area contributed by atoms with Crippen LogP contribution in [0.2, 0.25) is 0 Å². The van der Waals surface area contributed by atoms with E-state index < -0.39 is 36.5 Å². The average molecular weight is 310 g/mol. The van der Waals surface area contributed by atoms with Crippen molar-refractivity contribution in [3.63, 3.8) is 0 Å². The molecule has 1 aromatic carbocycles. The molecule has 0 bridgehead atoms. The highest BCUT2D eigenvalue weighted by molar-refractivity contribution is 5.89. The second-order valence-corrected chi connectivity index (χ2v) is 4.80. The lowest BCUT2D eigenvalue weighted by Crippen LogP contribution is -2.39. The van der Waals surface area contributed by atoms with Gasteiger partial charge in [0.2, 0.25) is 0 Å². The number of ether oxygens (including phenoxy) is 4. The third-order valence-electron chi connectivity index (χ3n) is 3.25. The Bertz CT molecular complexity index is 516. The summed E-state index contributed by atoms with van der Waals surface area (Å²) in [6.45, 7) is 1.10. The van der Waals surface area contributed by atoms with E-state index in [1.807, 2.05) is 0 Å². The minimum absolute atomic E-state index is 0.124. The van der Waals surface area contributed by atoms with Gasteiger partial charge in [-0.15, -0.1) is 0 Å². The number of hydrogen-bond acceptors (Lipinski definition) is 7. The molecule has 120 valence electrons. The number of esters is 2. The van der Waals surface area contributed by atoms with Crippen molar-refractivity contribution >= 4 is 11.9 Å². The van der Waals surface area contributed by atoms with E-state index in [9.17, 15) is 14.7 Å². The second-order valence-electron chi connectivity index (χ2n) is 4.80. The first kappa shape index (κ1) is 16.4. The predicted octanol–water partition coefficient (Wildman–Crippen LogP) is 0.507. The summed E-state index contributed by atoms with van der Waals surface area (Å²) in [6.07, 6.45) is -3.73. The highest BCUT2D eigenvalue weighted by Gasteiger charge is 2.47. The van der Waals surface area contributed by atoms with Gasteiger partial charge in [0.25, 0.3) is 0 Å². The first-order valence-corrected chi connectivity index (χ1v) is 6.78. The molecule has 1 aliphatic rings. The van der Waals surface area contributed by atoms with Crippen molar-refractivity contribution in [1.29, 1.82) is 0 Å². The van der Waals surface area contributed by atoms with Crippen LogP contribution >= 0.6 is 0 Å². The zero-order chi connectivity index (χ0) is 16.1. The Hall–Kier alpha value is -1.96. The fourth-order valence-corrected chi connectivity index (χ4v) is 2.26. The van der Waals surface area contributed by atoms with Crippen LogP contribution in [0.4, 0.5) is 0 Å². The van der Waals surface area contributed by atoms with E-state index in [-0.39, 0.29) is 6.61 Å². The minimum atomic E-state index is -1.32. The summed E-state index contributed by atoms with van der Waals surface area (Å²) in [5, 5.41) is 9.77. The third kappa shape index (κ3) is 3.82. The quantitative estimate of drug-likeness (QED) is 0.792. The van der Waals surface area contributed by atoms with E-state index in [1.165, 1.54) is 14.0 Å². The monoisotopic (exact) mass is 310 g/mol. The topological polar surface area (TPSA) is 91.3 Å². The maximum atomic E-state index is 11.9.